The molecule has 0 aliphatic rings. The molecule has 3 nitrogen and oxygen atoms in total. The second kappa shape index (κ2) is 5.85. The molecule has 1 aromatic carbocycles. The van der Waals surface area contributed by atoms with Gasteiger partial charge < -0.3 is 10.6 Å². The summed E-state index contributed by atoms with van der Waals surface area (Å²) in [5.74, 6) is 0. The van der Waals surface area contributed by atoms with Crippen LogP contribution < -0.4 is 10.6 Å². The minimum Gasteiger partial charge on any atom is -0.369 e. The van der Waals surface area contributed by atoms with Crippen molar-refractivity contribution in [2.45, 2.75) is 26.4 Å². The van der Waals surface area contributed by atoms with Crippen molar-refractivity contribution in [3.05, 3.63) is 59.4 Å². The zero-order chi connectivity index (χ0) is 13.8. The van der Waals surface area contributed by atoms with E-state index < -0.39 is 0 Å². The van der Waals surface area contributed by atoms with E-state index in [2.05, 4.69) is 54.2 Å². The Morgan fingerprint density at radius 2 is 1.95 bits per heavy atom. The van der Waals surface area contributed by atoms with E-state index in [-0.39, 0.29) is 6.04 Å². The summed E-state index contributed by atoms with van der Waals surface area (Å²) in [5.41, 5.74) is 10.5. The van der Waals surface area contributed by atoms with Crippen LogP contribution in [0.4, 0.5) is 5.69 Å². The summed E-state index contributed by atoms with van der Waals surface area (Å²) in [5, 5.41) is 0. The van der Waals surface area contributed by atoms with E-state index in [1.54, 1.807) is 0 Å². The lowest BCUT2D eigenvalue weighted by atomic mass is 10.1. The maximum Gasteiger partial charge on any atom is 0.0569 e. The molecule has 0 bridgehead atoms. The highest BCUT2D eigenvalue weighted by Crippen LogP contribution is 2.17. The van der Waals surface area contributed by atoms with E-state index in [9.17, 15) is 0 Å². The van der Waals surface area contributed by atoms with Gasteiger partial charge in [-0.25, -0.2) is 0 Å². The smallest absolute Gasteiger partial charge is 0.0569 e. The van der Waals surface area contributed by atoms with Gasteiger partial charge in [0, 0.05) is 19.6 Å². The monoisotopic (exact) mass is 255 g/mol. The van der Waals surface area contributed by atoms with Gasteiger partial charge in [0.2, 0.25) is 0 Å². The Kier molecular flexibility index (Phi) is 4.17. The summed E-state index contributed by atoms with van der Waals surface area (Å²) in [6.07, 6.45) is 1.89. The summed E-state index contributed by atoms with van der Waals surface area (Å²) in [4.78, 5) is 6.59. The fourth-order valence-electron chi connectivity index (χ4n) is 2.03. The van der Waals surface area contributed by atoms with Crippen molar-refractivity contribution in [2.24, 2.45) is 5.73 Å². The molecule has 0 saturated carbocycles. The number of aromatic nitrogens is 1. The molecular weight excluding hydrogens is 234 g/mol. The van der Waals surface area contributed by atoms with Gasteiger partial charge in [-0.05, 0) is 37.1 Å². The van der Waals surface area contributed by atoms with E-state index in [0.29, 0.717) is 0 Å². The second-order valence-electron chi connectivity index (χ2n) is 5.01. The van der Waals surface area contributed by atoms with Gasteiger partial charge in [0.05, 0.1) is 17.6 Å². The van der Waals surface area contributed by atoms with Crippen molar-refractivity contribution in [3.63, 3.8) is 0 Å². The number of hydrogen-bond donors (Lipinski definition) is 1. The van der Waals surface area contributed by atoms with Crippen LogP contribution in [-0.4, -0.2) is 12.0 Å². The summed E-state index contributed by atoms with van der Waals surface area (Å²) >= 11 is 0. The average Bonchev–Trinajstić information content (AvgIpc) is 2.41. The number of pyridine rings is 1. The summed E-state index contributed by atoms with van der Waals surface area (Å²) in [7, 11) is 2.08. The number of aryl methyl sites for hydroxylation is 1. The van der Waals surface area contributed by atoms with Crippen molar-refractivity contribution < 1.29 is 0 Å². The lowest BCUT2D eigenvalue weighted by Crippen LogP contribution is -2.17. The first kappa shape index (κ1) is 13.6. The molecule has 0 aliphatic carbocycles. The SMILES string of the molecule is Cc1ccccc1CN(C)c1ccc([C@@H](C)N)nc1. The first-order valence-corrected chi connectivity index (χ1v) is 6.55. The fourth-order valence-corrected chi connectivity index (χ4v) is 2.03. The minimum absolute atomic E-state index is 0.0178. The van der Waals surface area contributed by atoms with Gasteiger partial charge >= 0.3 is 0 Å². The number of anilines is 1. The molecule has 0 fully saturated rings. The van der Waals surface area contributed by atoms with Crippen LogP contribution >= 0.6 is 0 Å². The molecule has 0 aliphatic heterocycles. The average molecular weight is 255 g/mol. The number of benzene rings is 1. The predicted octanol–water partition coefficient (Wildman–Crippen LogP) is 3.05. The molecule has 19 heavy (non-hydrogen) atoms. The Labute approximate surface area is 115 Å². The van der Waals surface area contributed by atoms with Gasteiger partial charge in [0.25, 0.3) is 0 Å². The molecule has 0 saturated heterocycles. The van der Waals surface area contributed by atoms with E-state index in [4.69, 9.17) is 5.73 Å². The third kappa shape index (κ3) is 3.32. The van der Waals surface area contributed by atoms with E-state index in [1.807, 2.05) is 19.2 Å². The number of nitrogens with zero attached hydrogens (tertiary/aromatic N) is 2. The molecular formula is C16H21N3. The highest BCUT2D eigenvalue weighted by Gasteiger charge is 2.06. The first-order valence-electron chi connectivity index (χ1n) is 6.55. The molecule has 100 valence electrons. The van der Waals surface area contributed by atoms with E-state index >= 15 is 0 Å². The van der Waals surface area contributed by atoms with Gasteiger partial charge in [-0.15, -0.1) is 0 Å². The largest absolute Gasteiger partial charge is 0.369 e. The van der Waals surface area contributed by atoms with Crippen molar-refractivity contribution in [1.82, 2.24) is 4.98 Å². The van der Waals surface area contributed by atoms with Crippen LogP contribution in [0.3, 0.4) is 0 Å². The van der Waals surface area contributed by atoms with Crippen molar-refractivity contribution in [3.8, 4) is 0 Å². The van der Waals surface area contributed by atoms with Gasteiger partial charge in [-0.3, -0.25) is 4.98 Å². The zero-order valence-electron chi connectivity index (χ0n) is 11.8. The molecule has 0 radical (unpaired) electrons. The maximum atomic E-state index is 5.81. The van der Waals surface area contributed by atoms with Crippen molar-refractivity contribution in [2.75, 3.05) is 11.9 Å². The summed E-state index contributed by atoms with van der Waals surface area (Å²) in [6.45, 7) is 4.96. The Morgan fingerprint density at radius 1 is 1.21 bits per heavy atom. The molecule has 1 heterocycles. The van der Waals surface area contributed by atoms with Gasteiger partial charge in [-0.1, -0.05) is 24.3 Å². The topological polar surface area (TPSA) is 42.1 Å². The first-order chi connectivity index (χ1) is 9.08. The molecule has 1 atom stereocenters. The molecule has 0 unspecified atom stereocenters. The van der Waals surface area contributed by atoms with Crippen LogP contribution in [0.2, 0.25) is 0 Å². The van der Waals surface area contributed by atoms with Crippen LogP contribution in [-0.2, 0) is 6.54 Å². The third-order valence-electron chi connectivity index (χ3n) is 3.35. The summed E-state index contributed by atoms with van der Waals surface area (Å²) < 4.78 is 0. The molecule has 2 rings (SSSR count). The highest BCUT2D eigenvalue weighted by atomic mass is 15.1. The van der Waals surface area contributed by atoms with Crippen molar-refractivity contribution in [1.29, 1.82) is 0 Å². The molecule has 1 aromatic heterocycles. The van der Waals surface area contributed by atoms with Crippen molar-refractivity contribution >= 4 is 5.69 Å². The lowest BCUT2D eigenvalue weighted by molar-refractivity contribution is 0.778. The molecule has 0 amide bonds. The zero-order valence-corrected chi connectivity index (χ0v) is 11.8. The normalized spacial score (nSPS) is 12.2. The maximum absolute atomic E-state index is 5.81. The van der Waals surface area contributed by atoms with Crippen LogP contribution in [0.5, 0.6) is 0 Å². The van der Waals surface area contributed by atoms with E-state index in [0.717, 1.165) is 17.9 Å². The molecule has 2 N–H and O–H groups in total. The van der Waals surface area contributed by atoms with Gasteiger partial charge in [-0.2, -0.15) is 0 Å². The van der Waals surface area contributed by atoms with Gasteiger partial charge in [0.15, 0.2) is 0 Å². The Bertz CT molecular complexity index is 532. The third-order valence-corrected chi connectivity index (χ3v) is 3.35. The molecule has 2 aromatic rings. The standard InChI is InChI=1S/C16H21N3/c1-12-6-4-5-7-14(12)11-19(3)15-8-9-16(13(2)17)18-10-15/h4-10,13H,11,17H2,1-3H3/t13-/m1/s1. The quantitative estimate of drug-likeness (QED) is 0.913. The predicted molar refractivity (Wildman–Crippen MR) is 80.1 cm³/mol. The fraction of sp³-hybridized carbons (Fsp3) is 0.312. The number of rotatable bonds is 4. The second-order valence-corrected chi connectivity index (χ2v) is 5.01. The minimum atomic E-state index is -0.0178. The Hall–Kier alpha value is -1.87. The highest BCUT2D eigenvalue weighted by molar-refractivity contribution is 5.45. The van der Waals surface area contributed by atoms with Crippen LogP contribution in [0, 0.1) is 6.92 Å². The lowest BCUT2D eigenvalue weighted by Gasteiger charge is -2.20. The van der Waals surface area contributed by atoms with Gasteiger partial charge in [0.1, 0.15) is 0 Å². The Balaban J connectivity index is 2.12. The van der Waals surface area contributed by atoms with Crippen LogP contribution in [0.1, 0.15) is 29.8 Å². The number of nitrogens with two attached hydrogens (primary N) is 1. The van der Waals surface area contributed by atoms with Crippen LogP contribution in [0.15, 0.2) is 42.6 Å². The molecule has 3 heteroatoms. The number of hydrogen-bond acceptors (Lipinski definition) is 3. The summed E-state index contributed by atoms with van der Waals surface area (Å²) in [6, 6.07) is 12.5. The Morgan fingerprint density at radius 3 is 2.53 bits per heavy atom. The van der Waals surface area contributed by atoms with Crippen LogP contribution in [0.25, 0.3) is 0 Å². The molecule has 0 spiro atoms. The van der Waals surface area contributed by atoms with E-state index in [1.165, 1.54) is 11.1 Å².